The van der Waals surface area contributed by atoms with Gasteiger partial charge in [0.1, 0.15) is 0 Å². The van der Waals surface area contributed by atoms with Crippen LogP contribution in [0.1, 0.15) is 193 Å². The fourth-order valence-corrected chi connectivity index (χ4v) is 7.33. The minimum atomic E-state index is -1.12. The minimum Gasteiger partial charge on any atom is -0.550 e. The van der Waals surface area contributed by atoms with E-state index < -0.39 is 5.97 Å². The van der Waals surface area contributed by atoms with Crippen LogP contribution in [-0.2, 0) is 56.9 Å². The van der Waals surface area contributed by atoms with Gasteiger partial charge in [-0.2, -0.15) is 0 Å². The Balaban J connectivity index is 0. The summed E-state index contributed by atoms with van der Waals surface area (Å²) in [6, 6.07) is 0. The van der Waals surface area contributed by atoms with Crippen LogP contribution in [0.4, 0.5) is 0 Å². The van der Waals surface area contributed by atoms with Gasteiger partial charge in [-0.3, -0.25) is 0 Å². The van der Waals surface area contributed by atoms with Crippen molar-refractivity contribution in [2.75, 3.05) is 145 Å². The van der Waals surface area contributed by atoms with Crippen LogP contribution in [-0.4, -0.2) is 151 Å². The van der Waals surface area contributed by atoms with Crippen molar-refractivity contribution in [2.24, 2.45) is 0 Å². The third kappa shape index (κ3) is 68.1. The van der Waals surface area contributed by atoms with E-state index in [0.29, 0.717) is 132 Å². The number of carboxylic acid groups (broad SMARTS) is 1. The molecule has 0 saturated heterocycles. The standard InChI is InChI=1S/C53H106O13.Na/c1-2-3-4-5-6-7-8-9-10-11-12-13-14-15-16-17-18-19-20-21-22-23-24-25-26-27-28-29-31-56-33-35-58-37-39-60-41-43-62-45-47-64-49-51-66-52-50-65-48-46-63-44-42-61-40-38-59-36-34-57-32-30-53(54)55;/h2-52H2,1H3,(H,54,55);/q;+1/p-1. The maximum Gasteiger partial charge on any atom is 1.00 e. The topological polar surface area (TPSA) is 142 Å². The predicted octanol–water partition coefficient (Wildman–Crippen LogP) is 7.26. The third-order valence-electron chi connectivity index (χ3n) is 11.3. The molecule has 0 unspecified atom stereocenters. The smallest absolute Gasteiger partial charge is 0.550 e. The predicted molar refractivity (Wildman–Crippen MR) is 264 cm³/mol. The number of carboxylic acids is 1. The molecule has 0 fully saturated rings. The summed E-state index contributed by atoms with van der Waals surface area (Å²) in [6.07, 6.45) is 39.8. The molecular weight excluding hydrogens is 868 g/mol. The first kappa shape index (κ1) is 69.1. The average Bonchev–Trinajstić information content (AvgIpc) is 3.32. The van der Waals surface area contributed by atoms with Crippen molar-refractivity contribution in [2.45, 2.75) is 193 Å². The molecule has 0 spiro atoms. The fraction of sp³-hybridized carbons (Fsp3) is 0.981. The molecule has 0 amide bonds. The van der Waals surface area contributed by atoms with Gasteiger partial charge in [-0.1, -0.05) is 180 Å². The SMILES string of the molecule is CCCCCCCCCCCCCCCCCCCCCCCCCCCCCCOCCOCCOCCOCCOCCOCCOCCOCCOCCOCCOCCC(=O)[O-].[Na+]. The molecule has 0 heterocycles. The Morgan fingerprint density at radius 2 is 0.388 bits per heavy atom. The van der Waals surface area contributed by atoms with Crippen LogP contribution in [0.2, 0.25) is 0 Å². The molecule has 0 aliphatic heterocycles. The zero-order valence-corrected chi connectivity index (χ0v) is 45.9. The van der Waals surface area contributed by atoms with Gasteiger partial charge in [-0.25, -0.2) is 0 Å². The maximum atomic E-state index is 10.3. The van der Waals surface area contributed by atoms with Crippen molar-refractivity contribution in [3.05, 3.63) is 0 Å². The summed E-state index contributed by atoms with van der Waals surface area (Å²) in [5, 5.41) is 10.3. The van der Waals surface area contributed by atoms with Gasteiger partial charge >= 0.3 is 29.6 Å². The molecule has 0 aliphatic carbocycles. The molecule has 396 valence electrons. The molecule has 14 heteroatoms. The average molecular weight is 973 g/mol. The van der Waals surface area contributed by atoms with Crippen LogP contribution in [0.3, 0.4) is 0 Å². The number of unbranched alkanes of at least 4 members (excludes halogenated alkanes) is 27. The summed E-state index contributed by atoms with van der Waals surface area (Å²) in [5.74, 6) is -1.12. The van der Waals surface area contributed by atoms with E-state index in [9.17, 15) is 9.90 Å². The first-order valence-corrected chi connectivity index (χ1v) is 27.3. The monoisotopic (exact) mass is 973 g/mol. The van der Waals surface area contributed by atoms with Crippen LogP contribution in [0.25, 0.3) is 0 Å². The summed E-state index contributed by atoms with van der Waals surface area (Å²) in [6.45, 7) is 13.3. The Kier molecular flexibility index (Phi) is 68.1. The van der Waals surface area contributed by atoms with Crippen molar-refractivity contribution in [3.8, 4) is 0 Å². The van der Waals surface area contributed by atoms with Gasteiger partial charge in [0.25, 0.3) is 0 Å². The number of hydrogen-bond acceptors (Lipinski definition) is 13. The van der Waals surface area contributed by atoms with Crippen LogP contribution in [0, 0.1) is 0 Å². The molecule has 0 radical (unpaired) electrons. The van der Waals surface area contributed by atoms with Gasteiger partial charge in [-0.15, -0.1) is 0 Å². The summed E-state index contributed by atoms with van der Waals surface area (Å²) in [7, 11) is 0. The second-order valence-corrected chi connectivity index (χ2v) is 17.4. The van der Waals surface area contributed by atoms with E-state index in [0.717, 1.165) is 13.0 Å². The van der Waals surface area contributed by atoms with Crippen molar-refractivity contribution >= 4 is 5.97 Å². The molecule has 0 aromatic carbocycles. The maximum absolute atomic E-state index is 10.3. The Labute approximate surface area is 433 Å². The molecule has 0 atom stereocenters. The first-order valence-electron chi connectivity index (χ1n) is 27.3. The Bertz CT molecular complexity index is 879. The molecule has 0 aliphatic rings. The van der Waals surface area contributed by atoms with Crippen LogP contribution in [0.15, 0.2) is 0 Å². The Morgan fingerprint density at radius 1 is 0.239 bits per heavy atom. The largest absolute Gasteiger partial charge is 1.00 e. The second-order valence-electron chi connectivity index (χ2n) is 17.4. The van der Waals surface area contributed by atoms with Crippen molar-refractivity contribution in [1.29, 1.82) is 0 Å². The third-order valence-corrected chi connectivity index (χ3v) is 11.3. The number of carbonyl (C=O) groups excluding carboxylic acids is 1. The van der Waals surface area contributed by atoms with Crippen LogP contribution >= 0.6 is 0 Å². The second kappa shape index (κ2) is 66.0. The number of carbonyl (C=O) groups is 1. The molecule has 0 aromatic rings. The number of rotatable bonds is 62. The van der Waals surface area contributed by atoms with Crippen molar-refractivity contribution < 1.29 is 91.6 Å². The van der Waals surface area contributed by atoms with E-state index in [4.69, 9.17) is 52.1 Å². The van der Waals surface area contributed by atoms with Crippen LogP contribution in [0.5, 0.6) is 0 Å². The van der Waals surface area contributed by atoms with E-state index in [2.05, 4.69) is 6.92 Å². The summed E-state index contributed by atoms with van der Waals surface area (Å²) < 4.78 is 60.2. The number of ether oxygens (including phenoxy) is 11. The molecule has 67 heavy (non-hydrogen) atoms. The minimum absolute atomic E-state index is 0. The molecule has 0 aromatic heterocycles. The molecule has 0 rings (SSSR count). The number of hydrogen-bond donors (Lipinski definition) is 0. The Morgan fingerprint density at radius 3 is 0.567 bits per heavy atom. The van der Waals surface area contributed by atoms with Gasteiger partial charge in [0.05, 0.1) is 139 Å². The zero-order valence-electron chi connectivity index (χ0n) is 43.9. The molecule has 0 bridgehead atoms. The summed E-state index contributed by atoms with van der Waals surface area (Å²) in [5.41, 5.74) is 0. The quantitative estimate of drug-likeness (QED) is 0.0447. The van der Waals surface area contributed by atoms with Crippen LogP contribution < -0.4 is 34.7 Å². The first-order chi connectivity index (χ1) is 32.8. The molecule has 0 saturated carbocycles. The van der Waals surface area contributed by atoms with E-state index >= 15 is 0 Å². The molecule has 0 N–H and O–H groups in total. The molecular formula is C53H105NaO13. The van der Waals surface area contributed by atoms with Crippen molar-refractivity contribution in [3.63, 3.8) is 0 Å². The number of aliphatic carboxylic acids is 1. The fourth-order valence-electron chi connectivity index (χ4n) is 7.33. The Hall–Kier alpha value is 0.0300. The van der Waals surface area contributed by atoms with E-state index in [1.54, 1.807) is 0 Å². The van der Waals surface area contributed by atoms with Gasteiger partial charge < -0.3 is 62.0 Å². The summed E-state index contributed by atoms with van der Waals surface area (Å²) in [4.78, 5) is 10.3. The van der Waals surface area contributed by atoms with Gasteiger partial charge in [0.15, 0.2) is 0 Å². The van der Waals surface area contributed by atoms with E-state index in [-0.39, 0.29) is 42.6 Å². The van der Waals surface area contributed by atoms with E-state index in [1.165, 1.54) is 173 Å². The van der Waals surface area contributed by atoms with Gasteiger partial charge in [0.2, 0.25) is 0 Å². The van der Waals surface area contributed by atoms with Gasteiger partial charge in [-0.05, 0) is 6.42 Å². The normalized spacial score (nSPS) is 11.5. The van der Waals surface area contributed by atoms with Crippen molar-refractivity contribution in [1.82, 2.24) is 0 Å². The zero-order chi connectivity index (χ0) is 47.4. The van der Waals surface area contributed by atoms with Gasteiger partial charge in [0, 0.05) is 19.0 Å². The van der Waals surface area contributed by atoms with E-state index in [1.807, 2.05) is 0 Å². The summed E-state index contributed by atoms with van der Waals surface area (Å²) >= 11 is 0. The molecule has 13 nitrogen and oxygen atoms in total.